The van der Waals surface area contributed by atoms with Crippen molar-refractivity contribution < 1.29 is 18.7 Å². The van der Waals surface area contributed by atoms with E-state index in [2.05, 4.69) is 10.1 Å². The normalized spacial score (nSPS) is 11.4. The number of aromatic nitrogens is 1. The van der Waals surface area contributed by atoms with Crippen LogP contribution < -0.4 is 10.5 Å². The average Bonchev–Trinajstić information content (AvgIpc) is 2.43. The third kappa shape index (κ3) is 2.95. The molecular formula is C12H9F2N3O2. The molecule has 0 fully saturated rings. The molecule has 2 aromatic rings. The molecule has 0 bridgehead atoms. The molecule has 5 nitrogen and oxygen atoms in total. The Balaban J connectivity index is 2.22. The zero-order chi connectivity index (χ0) is 13.8. The fraction of sp³-hybridized carbons (Fsp3) is 0. The van der Waals surface area contributed by atoms with Crippen molar-refractivity contribution in [2.45, 2.75) is 0 Å². The van der Waals surface area contributed by atoms with Gasteiger partial charge in [-0.3, -0.25) is 0 Å². The van der Waals surface area contributed by atoms with E-state index in [-0.39, 0.29) is 23.0 Å². The lowest BCUT2D eigenvalue weighted by atomic mass is 10.3. The van der Waals surface area contributed by atoms with Crippen LogP contribution in [0.5, 0.6) is 11.5 Å². The number of hydrogen-bond donors (Lipinski definition) is 2. The number of pyridine rings is 1. The number of benzene rings is 1. The maximum atomic E-state index is 13.3. The van der Waals surface area contributed by atoms with Crippen molar-refractivity contribution in [2.75, 3.05) is 0 Å². The Labute approximate surface area is 107 Å². The molecule has 0 saturated carbocycles. The minimum atomic E-state index is -0.693. The maximum Gasteiger partial charge on any atom is 0.188 e. The fourth-order valence-corrected chi connectivity index (χ4v) is 1.33. The lowest BCUT2D eigenvalue weighted by Gasteiger charge is -2.06. The largest absolute Gasteiger partial charge is 0.453 e. The van der Waals surface area contributed by atoms with Crippen LogP contribution in [0, 0.1) is 11.6 Å². The van der Waals surface area contributed by atoms with Gasteiger partial charge in [-0.15, -0.1) is 0 Å². The van der Waals surface area contributed by atoms with Crippen molar-refractivity contribution in [3.05, 3.63) is 53.9 Å². The van der Waals surface area contributed by atoms with Gasteiger partial charge in [0.25, 0.3) is 0 Å². The quantitative estimate of drug-likeness (QED) is 0.386. The van der Waals surface area contributed by atoms with Gasteiger partial charge in [-0.25, -0.2) is 13.8 Å². The molecule has 0 unspecified atom stereocenters. The molecule has 19 heavy (non-hydrogen) atoms. The van der Waals surface area contributed by atoms with Crippen LogP contribution in [0.15, 0.2) is 41.7 Å². The first-order chi connectivity index (χ1) is 9.10. The van der Waals surface area contributed by atoms with Crippen LogP contribution in [-0.2, 0) is 0 Å². The fourth-order valence-electron chi connectivity index (χ4n) is 1.33. The zero-order valence-corrected chi connectivity index (χ0v) is 9.55. The van der Waals surface area contributed by atoms with E-state index in [0.29, 0.717) is 0 Å². The molecule has 1 aromatic heterocycles. The first-order valence-electron chi connectivity index (χ1n) is 5.17. The highest BCUT2D eigenvalue weighted by atomic mass is 19.1. The topological polar surface area (TPSA) is 80.7 Å². The monoisotopic (exact) mass is 265 g/mol. The number of nitrogens with two attached hydrogens (primary N) is 1. The summed E-state index contributed by atoms with van der Waals surface area (Å²) in [5, 5.41) is 11.2. The van der Waals surface area contributed by atoms with Crippen LogP contribution in [-0.4, -0.2) is 16.0 Å². The minimum absolute atomic E-state index is 0.163. The summed E-state index contributed by atoms with van der Waals surface area (Å²) < 4.78 is 31.4. The Morgan fingerprint density at radius 2 is 2.05 bits per heavy atom. The lowest BCUT2D eigenvalue weighted by Crippen LogP contribution is -2.14. The molecule has 0 aliphatic carbocycles. The van der Waals surface area contributed by atoms with Crippen molar-refractivity contribution in [1.29, 1.82) is 0 Å². The molecule has 0 radical (unpaired) electrons. The Kier molecular flexibility index (Phi) is 3.56. The van der Waals surface area contributed by atoms with E-state index >= 15 is 0 Å². The van der Waals surface area contributed by atoms with E-state index in [1.165, 1.54) is 18.3 Å². The van der Waals surface area contributed by atoms with Gasteiger partial charge in [-0.05, 0) is 24.3 Å². The molecule has 0 saturated heterocycles. The van der Waals surface area contributed by atoms with Gasteiger partial charge in [0.1, 0.15) is 17.3 Å². The summed E-state index contributed by atoms with van der Waals surface area (Å²) in [7, 11) is 0. The number of ether oxygens (including phenoxy) is 1. The van der Waals surface area contributed by atoms with E-state index < -0.39 is 11.6 Å². The van der Waals surface area contributed by atoms with Gasteiger partial charge < -0.3 is 15.7 Å². The predicted molar refractivity (Wildman–Crippen MR) is 63.2 cm³/mol. The minimum Gasteiger partial charge on any atom is -0.453 e. The lowest BCUT2D eigenvalue weighted by molar-refractivity contribution is 0.318. The molecule has 1 heterocycles. The molecule has 0 spiro atoms. The Morgan fingerprint density at radius 1 is 1.26 bits per heavy atom. The van der Waals surface area contributed by atoms with E-state index in [9.17, 15) is 8.78 Å². The van der Waals surface area contributed by atoms with Gasteiger partial charge in [0.2, 0.25) is 0 Å². The van der Waals surface area contributed by atoms with Crippen LogP contribution >= 0.6 is 0 Å². The van der Waals surface area contributed by atoms with Gasteiger partial charge in [0.15, 0.2) is 17.4 Å². The van der Waals surface area contributed by atoms with Crippen molar-refractivity contribution >= 4 is 5.84 Å². The summed E-state index contributed by atoms with van der Waals surface area (Å²) in [5.74, 6) is -1.53. The Morgan fingerprint density at radius 3 is 2.68 bits per heavy atom. The van der Waals surface area contributed by atoms with Gasteiger partial charge >= 0.3 is 0 Å². The molecule has 3 N–H and O–H groups in total. The number of oxime groups is 1. The van der Waals surface area contributed by atoms with Crippen LogP contribution in [0.3, 0.4) is 0 Å². The predicted octanol–water partition coefficient (Wildman–Crippen LogP) is 2.25. The molecule has 0 aliphatic heterocycles. The zero-order valence-electron chi connectivity index (χ0n) is 9.55. The molecule has 0 amide bonds. The molecule has 7 heteroatoms. The smallest absolute Gasteiger partial charge is 0.188 e. The van der Waals surface area contributed by atoms with E-state index in [1.807, 2.05) is 0 Å². The number of amidine groups is 1. The molecule has 2 rings (SSSR count). The summed E-state index contributed by atoms with van der Waals surface area (Å²) in [6.45, 7) is 0. The Bertz CT molecular complexity index is 615. The SMILES string of the molecule is N/C(=N/O)c1ccc(Oc2cc(F)ccc2F)cn1. The van der Waals surface area contributed by atoms with Crippen LogP contribution in [0.1, 0.15) is 5.69 Å². The number of rotatable bonds is 3. The van der Waals surface area contributed by atoms with E-state index in [0.717, 1.165) is 18.2 Å². The molecule has 0 aliphatic rings. The highest BCUT2D eigenvalue weighted by Crippen LogP contribution is 2.24. The van der Waals surface area contributed by atoms with Crippen molar-refractivity contribution in [2.24, 2.45) is 10.9 Å². The highest BCUT2D eigenvalue weighted by molar-refractivity contribution is 5.95. The van der Waals surface area contributed by atoms with Crippen molar-refractivity contribution in [3.8, 4) is 11.5 Å². The Hall–Kier alpha value is -2.70. The molecule has 1 aromatic carbocycles. The second kappa shape index (κ2) is 5.30. The summed E-state index contributed by atoms with van der Waals surface area (Å²) in [6.07, 6.45) is 1.25. The molecule has 98 valence electrons. The first-order valence-corrected chi connectivity index (χ1v) is 5.17. The summed E-state index contributed by atoms with van der Waals surface area (Å²) in [5.41, 5.74) is 5.56. The summed E-state index contributed by atoms with van der Waals surface area (Å²) in [6, 6.07) is 5.73. The van der Waals surface area contributed by atoms with Crippen molar-refractivity contribution in [1.82, 2.24) is 4.98 Å². The van der Waals surface area contributed by atoms with Gasteiger partial charge in [0, 0.05) is 6.07 Å². The average molecular weight is 265 g/mol. The number of hydrogen-bond acceptors (Lipinski definition) is 4. The summed E-state index contributed by atoms with van der Waals surface area (Å²) >= 11 is 0. The van der Waals surface area contributed by atoms with Crippen molar-refractivity contribution in [3.63, 3.8) is 0 Å². The highest BCUT2D eigenvalue weighted by Gasteiger charge is 2.07. The molecular weight excluding hydrogens is 256 g/mol. The van der Waals surface area contributed by atoms with Crippen LogP contribution in [0.4, 0.5) is 8.78 Å². The van der Waals surface area contributed by atoms with Gasteiger partial charge in [-0.2, -0.15) is 0 Å². The second-order valence-electron chi connectivity index (χ2n) is 3.54. The second-order valence-corrected chi connectivity index (χ2v) is 3.54. The van der Waals surface area contributed by atoms with E-state index in [4.69, 9.17) is 15.7 Å². The van der Waals surface area contributed by atoms with E-state index in [1.54, 1.807) is 0 Å². The standard InChI is InChI=1S/C12H9F2N3O2/c13-7-1-3-9(14)11(5-7)19-8-2-4-10(16-6-8)12(15)17-18/h1-6,18H,(H2,15,17). The maximum absolute atomic E-state index is 13.3. The number of nitrogens with zero attached hydrogens (tertiary/aromatic N) is 2. The third-order valence-corrected chi connectivity index (χ3v) is 2.23. The first kappa shape index (κ1) is 12.7. The van der Waals surface area contributed by atoms with Crippen LogP contribution in [0.25, 0.3) is 0 Å². The van der Waals surface area contributed by atoms with Crippen LogP contribution in [0.2, 0.25) is 0 Å². The molecule has 0 atom stereocenters. The summed E-state index contributed by atoms with van der Waals surface area (Å²) in [4.78, 5) is 3.84. The number of halogens is 2. The van der Waals surface area contributed by atoms with Gasteiger partial charge in [0.05, 0.1) is 6.20 Å². The van der Waals surface area contributed by atoms with Gasteiger partial charge in [-0.1, -0.05) is 5.16 Å². The third-order valence-electron chi connectivity index (χ3n) is 2.23.